The number of carbonyl (C=O) groups excluding carboxylic acids is 1. The maximum atomic E-state index is 11.2. The van der Waals surface area contributed by atoms with Crippen molar-refractivity contribution in [1.29, 1.82) is 0 Å². The number of aliphatic hydroxyl groups is 1. The molecule has 0 aromatic carbocycles. The van der Waals surface area contributed by atoms with E-state index < -0.39 is 0 Å². The molecule has 0 aromatic heterocycles. The van der Waals surface area contributed by atoms with Crippen LogP contribution in [-0.2, 0) is 14.3 Å². The van der Waals surface area contributed by atoms with Crippen LogP contribution in [0.25, 0.3) is 0 Å². The molecule has 0 amide bonds. The first-order chi connectivity index (χ1) is 7.06. The molecule has 0 aliphatic heterocycles. The van der Waals surface area contributed by atoms with Gasteiger partial charge in [-0.1, -0.05) is 6.92 Å². The van der Waals surface area contributed by atoms with E-state index in [1.165, 1.54) is 7.11 Å². The Bertz CT molecular complexity index is 186. The zero-order valence-corrected chi connectivity index (χ0v) is 9.82. The van der Waals surface area contributed by atoms with Crippen molar-refractivity contribution in [2.24, 2.45) is 5.92 Å². The van der Waals surface area contributed by atoms with Gasteiger partial charge in [0, 0.05) is 13.2 Å². The van der Waals surface area contributed by atoms with E-state index in [0.717, 1.165) is 0 Å². The summed E-state index contributed by atoms with van der Waals surface area (Å²) in [5, 5.41) is 12.1. The fourth-order valence-corrected chi connectivity index (χ4v) is 1.26. The minimum absolute atomic E-state index is 0.0218. The topological polar surface area (TPSA) is 67.8 Å². The molecule has 0 radical (unpaired) electrons. The highest BCUT2D eigenvalue weighted by atomic mass is 16.5. The average Bonchev–Trinajstić information content (AvgIpc) is 2.26. The van der Waals surface area contributed by atoms with Gasteiger partial charge in [0.2, 0.25) is 0 Å². The summed E-state index contributed by atoms with van der Waals surface area (Å²) in [5.74, 6) is -0.509. The van der Waals surface area contributed by atoms with Gasteiger partial charge in [0.15, 0.2) is 0 Å². The van der Waals surface area contributed by atoms with Crippen LogP contribution in [0.15, 0.2) is 0 Å². The zero-order chi connectivity index (χ0) is 11.8. The van der Waals surface area contributed by atoms with Crippen LogP contribution in [0.1, 0.15) is 13.8 Å². The molecule has 0 fully saturated rings. The third kappa shape index (κ3) is 5.11. The minimum Gasteiger partial charge on any atom is -0.469 e. The van der Waals surface area contributed by atoms with Crippen LogP contribution in [0.2, 0.25) is 0 Å². The Balaban J connectivity index is 4.08. The number of carbonyl (C=O) groups is 1. The van der Waals surface area contributed by atoms with Gasteiger partial charge >= 0.3 is 5.97 Å². The number of hydrogen-bond acceptors (Lipinski definition) is 5. The van der Waals surface area contributed by atoms with Gasteiger partial charge in [0.25, 0.3) is 0 Å². The molecule has 90 valence electrons. The lowest BCUT2D eigenvalue weighted by molar-refractivity contribution is -0.145. The first kappa shape index (κ1) is 14.3. The van der Waals surface area contributed by atoms with Crippen LogP contribution in [0.3, 0.4) is 0 Å². The van der Waals surface area contributed by atoms with Crippen molar-refractivity contribution >= 4 is 5.97 Å². The summed E-state index contributed by atoms with van der Waals surface area (Å²) in [6.45, 7) is 4.05. The van der Waals surface area contributed by atoms with Crippen molar-refractivity contribution in [2.45, 2.75) is 25.9 Å². The molecule has 2 N–H and O–H groups in total. The molecule has 0 aliphatic rings. The van der Waals surface area contributed by atoms with Crippen molar-refractivity contribution in [3.8, 4) is 0 Å². The van der Waals surface area contributed by atoms with Gasteiger partial charge in [0.1, 0.15) is 0 Å². The standard InChI is InChI=1S/C10H21NO4/c1-7(10(13)15-4)8(2)11-9(5-12)6-14-3/h7-9,11-12H,5-6H2,1-4H3. The second-order valence-corrected chi connectivity index (χ2v) is 3.60. The molecule has 3 atom stereocenters. The van der Waals surface area contributed by atoms with E-state index in [0.29, 0.717) is 6.61 Å². The number of aliphatic hydroxyl groups excluding tert-OH is 1. The summed E-state index contributed by atoms with van der Waals surface area (Å²) in [4.78, 5) is 11.2. The van der Waals surface area contributed by atoms with Crippen molar-refractivity contribution in [2.75, 3.05) is 27.4 Å². The Kier molecular flexibility index (Phi) is 7.29. The zero-order valence-electron chi connectivity index (χ0n) is 9.82. The highest BCUT2D eigenvalue weighted by molar-refractivity contribution is 5.72. The molecular formula is C10H21NO4. The van der Waals surface area contributed by atoms with Crippen molar-refractivity contribution in [3.63, 3.8) is 0 Å². The smallest absolute Gasteiger partial charge is 0.309 e. The number of nitrogens with one attached hydrogen (secondary N) is 1. The molecule has 0 heterocycles. The number of hydrogen-bond donors (Lipinski definition) is 2. The molecule has 0 spiro atoms. The van der Waals surface area contributed by atoms with Crippen molar-refractivity contribution < 1.29 is 19.4 Å². The second kappa shape index (κ2) is 7.62. The van der Waals surface area contributed by atoms with E-state index in [1.807, 2.05) is 6.92 Å². The maximum Gasteiger partial charge on any atom is 0.309 e. The van der Waals surface area contributed by atoms with E-state index >= 15 is 0 Å². The molecule has 5 nitrogen and oxygen atoms in total. The number of esters is 1. The molecule has 0 aliphatic carbocycles. The summed E-state index contributed by atoms with van der Waals surface area (Å²) >= 11 is 0. The Morgan fingerprint density at radius 2 is 2.00 bits per heavy atom. The van der Waals surface area contributed by atoms with Gasteiger partial charge in [-0.15, -0.1) is 0 Å². The molecule has 0 rings (SSSR count). The predicted octanol–water partition coefficient (Wildman–Crippen LogP) is -0.219. The largest absolute Gasteiger partial charge is 0.469 e. The Morgan fingerprint density at radius 3 is 2.40 bits per heavy atom. The lowest BCUT2D eigenvalue weighted by Gasteiger charge is -2.24. The quantitative estimate of drug-likeness (QED) is 0.579. The van der Waals surface area contributed by atoms with Crippen molar-refractivity contribution in [1.82, 2.24) is 5.32 Å². The van der Waals surface area contributed by atoms with Gasteiger partial charge in [-0.05, 0) is 6.92 Å². The van der Waals surface area contributed by atoms with Crippen molar-refractivity contribution in [3.05, 3.63) is 0 Å². The Hall–Kier alpha value is -0.650. The van der Waals surface area contributed by atoms with E-state index in [9.17, 15) is 4.79 Å². The van der Waals surface area contributed by atoms with Gasteiger partial charge in [0.05, 0.1) is 32.3 Å². The summed E-state index contributed by atoms with van der Waals surface area (Å²) < 4.78 is 9.56. The molecule has 0 bridgehead atoms. The van der Waals surface area contributed by atoms with Gasteiger partial charge in [-0.3, -0.25) is 4.79 Å². The van der Waals surface area contributed by atoms with Gasteiger partial charge in [-0.2, -0.15) is 0 Å². The molecular weight excluding hydrogens is 198 g/mol. The first-order valence-corrected chi connectivity index (χ1v) is 5.00. The van der Waals surface area contributed by atoms with Crippen LogP contribution in [-0.4, -0.2) is 50.6 Å². The van der Waals surface area contributed by atoms with E-state index in [4.69, 9.17) is 9.84 Å². The third-order valence-electron chi connectivity index (χ3n) is 2.41. The van der Waals surface area contributed by atoms with Crippen LogP contribution in [0.4, 0.5) is 0 Å². The molecule has 5 heteroatoms. The number of rotatable bonds is 7. The lowest BCUT2D eigenvalue weighted by Crippen LogP contribution is -2.46. The SMILES string of the molecule is COCC(CO)NC(C)C(C)C(=O)OC. The van der Waals surface area contributed by atoms with E-state index in [1.54, 1.807) is 14.0 Å². The maximum absolute atomic E-state index is 11.2. The van der Waals surface area contributed by atoms with Crippen LogP contribution < -0.4 is 5.32 Å². The lowest BCUT2D eigenvalue weighted by atomic mass is 10.0. The van der Waals surface area contributed by atoms with Gasteiger partial charge < -0.3 is 19.9 Å². The first-order valence-electron chi connectivity index (χ1n) is 5.00. The normalized spacial score (nSPS) is 16.9. The summed E-state index contributed by atoms with van der Waals surface area (Å²) in [7, 11) is 2.93. The monoisotopic (exact) mass is 219 g/mol. The molecule has 0 saturated heterocycles. The molecule has 0 aromatic rings. The summed E-state index contributed by atoms with van der Waals surface area (Å²) in [6.07, 6.45) is 0. The third-order valence-corrected chi connectivity index (χ3v) is 2.41. The highest BCUT2D eigenvalue weighted by Gasteiger charge is 2.22. The predicted molar refractivity (Wildman–Crippen MR) is 56.5 cm³/mol. The average molecular weight is 219 g/mol. The molecule has 0 saturated carbocycles. The van der Waals surface area contributed by atoms with E-state index in [2.05, 4.69) is 10.1 Å². The molecule has 3 unspecified atom stereocenters. The summed E-state index contributed by atoms with van der Waals surface area (Å²) in [5.41, 5.74) is 0. The number of ether oxygens (including phenoxy) is 2. The number of methoxy groups -OCH3 is 2. The second-order valence-electron chi connectivity index (χ2n) is 3.60. The fourth-order valence-electron chi connectivity index (χ4n) is 1.26. The Morgan fingerprint density at radius 1 is 1.40 bits per heavy atom. The fraction of sp³-hybridized carbons (Fsp3) is 0.900. The minimum atomic E-state index is -0.260. The Labute approximate surface area is 90.8 Å². The van der Waals surface area contributed by atoms with E-state index in [-0.39, 0.29) is 30.6 Å². The molecule has 15 heavy (non-hydrogen) atoms. The summed E-state index contributed by atoms with van der Waals surface area (Å²) in [6, 6.07) is -0.221. The van der Waals surface area contributed by atoms with Crippen LogP contribution in [0.5, 0.6) is 0 Å². The highest BCUT2D eigenvalue weighted by Crippen LogP contribution is 2.05. The van der Waals surface area contributed by atoms with Gasteiger partial charge in [-0.25, -0.2) is 0 Å². The van der Waals surface area contributed by atoms with Crippen LogP contribution in [0, 0.1) is 5.92 Å². The van der Waals surface area contributed by atoms with Crippen LogP contribution >= 0.6 is 0 Å².